The van der Waals surface area contributed by atoms with Crippen LogP contribution in [0.4, 0.5) is 5.82 Å². The van der Waals surface area contributed by atoms with Crippen molar-refractivity contribution in [2.45, 2.75) is 18.9 Å². The van der Waals surface area contributed by atoms with E-state index < -0.39 is 0 Å². The summed E-state index contributed by atoms with van der Waals surface area (Å²) < 4.78 is 13.3. The van der Waals surface area contributed by atoms with Gasteiger partial charge in [-0.2, -0.15) is 5.10 Å². The lowest BCUT2D eigenvalue weighted by Gasteiger charge is -2.32. The van der Waals surface area contributed by atoms with Gasteiger partial charge in [0.1, 0.15) is 35.9 Å². The van der Waals surface area contributed by atoms with Crippen LogP contribution >= 0.6 is 11.3 Å². The summed E-state index contributed by atoms with van der Waals surface area (Å²) in [6, 6.07) is 7.22. The van der Waals surface area contributed by atoms with Gasteiger partial charge in [-0.15, -0.1) is 0 Å². The first-order valence-electron chi connectivity index (χ1n) is 11.3. The van der Waals surface area contributed by atoms with E-state index in [0.29, 0.717) is 52.3 Å². The fraction of sp³-hybridized carbons (Fsp3) is 0.240. The number of hydrogen-bond acceptors (Lipinski definition) is 9. The first-order valence-corrected chi connectivity index (χ1v) is 12.2. The van der Waals surface area contributed by atoms with Gasteiger partial charge in [-0.25, -0.2) is 19.6 Å². The molecule has 0 saturated carbocycles. The number of likely N-dealkylation sites (tertiary alicyclic amines) is 1. The van der Waals surface area contributed by atoms with Gasteiger partial charge in [-0.05, 0) is 37.0 Å². The third-order valence-corrected chi connectivity index (χ3v) is 6.33. The molecular weight excluding hydrogens is 478 g/mol. The SMILES string of the molecule is C=CC(=O)N1CCCC(n2nc(C#CCOc3cccc(Oc4nccs4)c3)c3c(N)ncnc32)C1. The topological polar surface area (TPSA) is 121 Å². The lowest BCUT2D eigenvalue weighted by molar-refractivity contribution is -0.127. The highest BCUT2D eigenvalue weighted by atomic mass is 32.1. The van der Waals surface area contributed by atoms with Gasteiger partial charge in [-0.3, -0.25) is 4.79 Å². The Bertz CT molecular complexity index is 1460. The molecule has 2 N–H and O–H groups in total. The molecule has 1 atom stereocenters. The van der Waals surface area contributed by atoms with E-state index in [-0.39, 0.29) is 18.6 Å². The van der Waals surface area contributed by atoms with Crippen molar-refractivity contribution < 1.29 is 14.3 Å². The lowest BCUT2D eigenvalue weighted by Crippen LogP contribution is -2.40. The van der Waals surface area contributed by atoms with Crippen LogP contribution in [0.3, 0.4) is 0 Å². The van der Waals surface area contributed by atoms with E-state index in [9.17, 15) is 4.79 Å². The van der Waals surface area contributed by atoms with Crippen LogP contribution in [0.1, 0.15) is 24.6 Å². The normalized spacial score (nSPS) is 15.2. The number of nitrogens with two attached hydrogens (primary N) is 1. The van der Waals surface area contributed by atoms with E-state index in [1.807, 2.05) is 23.6 Å². The molecule has 1 fully saturated rings. The second-order valence-electron chi connectivity index (χ2n) is 8.00. The predicted octanol–water partition coefficient (Wildman–Crippen LogP) is 3.44. The largest absolute Gasteiger partial charge is 0.481 e. The molecule has 10 nitrogen and oxygen atoms in total. The monoisotopic (exact) mass is 501 g/mol. The number of nitrogens with zero attached hydrogens (tertiary/aromatic N) is 6. The minimum atomic E-state index is -0.0939. The van der Waals surface area contributed by atoms with Crippen LogP contribution in [-0.2, 0) is 4.79 Å². The Hall–Kier alpha value is -4.43. The highest BCUT2D eigenvalue weighted by molar-refractivity contribution is 7.11. The van der Waals surface area contributed by atoms with Crippen LogP contribution in [-0.4, -0.2) is 55.2 Å². The molecule has 1 unspecified atom stereocenters. The van der Waals surface area contributed by atoms with Crippen LogP contribution in [0.5, 0.6) is 16.7 Å². The molecule has 1 amide bonds. The maximum absolute atomic E-state index is 12.1. The maximum atomic E-state index is 12.1. The molecule has 5 rings (SSSR count). The number of nitrogen functional groups attached to an aromatic ring is 1. The number of piperidine rings is 1. The molecule has 3 aromatic heterocycles. The van der Waals surface area contributed by atoms with Crippen molar-refractivity contribution in [2.24, 2.45) is 0 Å². The predicted molar refractivity (Wildman–Crippen MR) is 136 cm³/mol. The molecule has 36 heavy (non-hydrogen) atoms. The van der Waals surface area contributed by atoms with Crippen molar-refractivity contribution in [3.63, 3.8) is 0 Å². The number of carbonyl (C=O) groups is 1. The van der Waals surface area contributed by atoms with Crippen molar-refractivity contribution in [2.75, 3.05) is 25.4 Å². The summed E-state index contributed by atoms with van der Waals surface area (Å²) in [6.45, 7) is 4.93. The van der Waals surface area contributed by atoms with Gasteiger partial charge in [0, 0.05) is 30.7 Å². The lowest BCUT2D eigenvalue weighted by atomic mass is 10.1. The third kappa shape index (κ3) is 4.99. The highest BCUT2D eigenvalue weighted by Crippen LogP contribution is 2.29. The summed E-state index contributed by atoms with van der Waals surface area (Å²) in [5, 5.41) is 7.71. The summed E-state index contributed by atoms with van der Waals surface area (Å²) in [5.74, 6) is 7.50. The van der Waals surface area contributed by atoms with Crippen molar-refractivity contribution in [3.8, 4) is 28.5 Å². The summed E-state index contributed by atoms with van der Waals surface area (Å²) in [6.07, 6.45) is 6.14. The van der Waals surface area contributed by atoms with Crippen LogP contribution < -0.4 is 15.2 Å². The van der Waals surface area contributed by atoms with Crippen molar-refractivity contribution in [1.82, 2.24) is 29.6 Å². The van der Waals surface area contributed by atoms with Crippen molar-refractivity contribution >= 4 is 34.1 Å². The van der Waals surface area contributed by atoms with Crippen molar-refractivity contribution in [1.29, 1.82) is 0 Å². The number of fused-ring (bicyclic) bond motifs is 1. The molecule has 0 spiro atoms. The number of benzene rings is 1. The maximum Gasteiger partial charge on any atom is 0.278 e. The average molecular weight is 502 g/mol. The number of thiazole rings is 1. The Kier molecular flexibility index (Phi) is 6.77. The van der Waals surface area contributed by atoms with Crippen LogP contribution in [0.2, 0.25) is 0 Å². The molecule has 1 aromatic carbocycles. The highest BCUT2D eigenvalue weighted by Gasteiger charge is 2.27. The number of anilines is 1. The van der Waals surface area contributed by atoms with Crippen LogP contribution in [0, 0.1) is 11.8 Å². The first-order chi connectivity index (χ1) is 17.6. The van der Waals surface area contributed by atoms with Gasteiger partial charge < -0.3 is 20.1 Å². The minimum Gasteiger partial charge on any atom is -0.481 e. The molecule has 1 saturated heterocycles. The Morgan fingerprint density at radius 2 is 2.19 bits per heavy atom. The zero-order valence-corrected chi connectivity index (χ0v) is 20.1. The third-order valence-electron chi connectivity index (χ3n) is 5.68. The summed E-state index contributed by atoms with van der Waals surface area (Å²) in [5.41, 5.74) is 7.23. The van der Waals surface area contributed by atoms with E-state index in [4.69, 9.17) is 20.3 Å². The summed E-state index contributed by atoms with van der Waals surface area (Å²) in [7, 11) is 0. The van der Waals surface area contributed by atoms with Gasteiger partial charge in [-0.1, -0.05) is 29.9 Å². The van der Waals surface area contributed by atoms with Gasteiger partial charge in [0.2, 0.25) is 5.91 Å². The number of aromatic nitrogens is 5. The zero-order chi connectivity index (χ0) is 24.9. The number of carbonyl (C=O) groups excluding carboxylic acids is 1. The smallest absolute Gasteiger partial charge is 0.278 e. The fourth-order valence-corrected chi connectivity index (χ4v) is 4.55. The van der Waals surface area contributed by atoms with Gasteiger partial charge in [0.15, 0.2) is 5.65 Å². The summed E-state index contributed by atoms with van der Waals surface area (Å²) >= 11 is 1.41. The quantitative estimate of drug-likeness (QED) is 0.315. The van der Waals surface area contributed by atoms with E-state index in [2.05, 4.69) is 33.4 Å². The molecular formula is C25H23N7O3S. The van der Waals surface area contributed by atoms with E-state index in [0.717, 1.165) is 12.8 Å². The summed E-state index contributed by atoms with van der Waals surface area (Å²) in [4.78, 5) is 26.6. The molecule has 0 radical (unpaired) electrons. The molecule has 1 aliphatic heterocycles. The molecule has 182 valence electrons. The zero-order valence-electron chi connectivity index (χ0n) is 19.3. The van der Waals surface area contributed by atoms with Crippen LogP contribution in [0.15, 0.2) is 54.8 Å². The minimum absolute atomic E-state index is 0.0492. The van der Waals surface area contributed by atoms with E-state index >= 15 is 0 Å². The number of amides is 1. The standard InChI is InChI=1S/C25H23N7O3S/c1-2-21(33)31-11-4-6-17(15-31)32-24-22(23(26)28-16-29-24)20(30-32)9-5-12-34-18-7-3-8-19(14-18)35-25-27-10-13-36-25/h2-3,7-8,10,13-14,16-17H,1,4,6,11-12,15H2,(H2,26,28,29). The first kappa shape index (κ1) is 23.3. The van der Waals surface area contributed by atoms with E-state index in [1.54, 1.807) is 21.8 Å². The Morgan fingerprint density at radius 3 is 3.03 bits per heavy atom. The van der Waals surface area contributed by atoms with Gasteiger partial charge in [0.05, 0.1) is 11.4 Å². The van der Waals surface area contributed by atoms with E-state index in [1.165, 1.54) is 23.7 Å². The molecule has 1 aliphatic rings. The van der Waals surface area contributed by atoms with Gasteiger partial charge >= 0.3 is 0 Å². The molecule has 11 heteroatoms. The second kappa shape index (κ2) is 10.5. The Morgan fingerprint density at radius 1 is 1.31 bits per heavy atom. The number of rotatable bonds is 6. The number of ether oxygens (including phenoxy) is 2. The Labute approximate surface area is 211 Å². The fourth-order valence-electron chi connectivity index (χ4n) is 4.05. The molecule has 0 bridgehead atoms. The molecule has 4 heterocycles. The molecule has 4 aromatic rings. The molecule has 0 aliphatic carbocycles. The van der Waals surface area contributed by atoms with Crippen LogP contribution in [0.25, 0.3) is 11.0 Å². The van der Waals surface area contributed by atoms with Crippen molar-refractivity contribution in [3.05, 3.63) is 60.5 Å². The number of hydrogen-bond donors (Lipinski definition) is 1. The average Bonchev–Trinajstić information content (AvgIpc) is 3.55. The second-order valence-corrected chi connectivity index (χ2v) is 8.86. The van der Waals surface area contributed by atoms with Gasteiger partial charge in [0.25, 0.3) is 5.19 Å². The Balaban J connectivity index is 1.33.